The van der Waals surface area contributed by atoms with Crippen LogP contribution < -0.4 is 0 Å². The van der Waals surface area contributed by atoms with Crippen molar-refractivity contribution < 1.29 is 0 Å². The molecule has 1 fully saturated rings. The Balaban J connectivity index is 2.07. The van der Waals surface area contributed by atoms with Crippen LogP contribution in [0.15, 0.2) is 0 Å². The summed E-state index contributed by atoms with van der Waals surface area (Å²) >= 11 is 4.20. The highest BCUT2D eigenvalue weighted by molar-refractivity contribution is 7.80. The highest BCUT2D eigenvalue weighted by Crippen LogP contribution is 2.26. The highest BCUT2D eigenvalue weighted by Gasteiger charge is 2.26. The normalized spacial score (nSPS) is 18.3. The van der Waals surface area contributed by atoms with Gasteiger partial charge in [0.1, 0.15) is 0 Å². The number of hydrogen-bond donors (Lipinski definition) is 1. The van der Waals surface area contributed by atoms with E-state index in [9.17, 15) is 0 Å². The molecule has 10 heavy (non-hydrogen) atoms. The zero-order valence-corrected chi connectivity index (χ0v) is 7.61. The Labute approximate surface area is 69.2 Å². The highest BCUT2D eigenvalue weighted by atomic mass is 32.1. The Morgan fingerprint density at radius 3 is 2.60 bits per heavy atom. The minimum absolute atomic E-state index is 0.935. The van der Waals surface area contributed by atoms with Crippen molar-refractivity contribution in [3.8, 4) is 0 Å². The third-order valence-electron chi connectivity index (χ3n) is 2.07. The lowest BCUT2D eigenvalue weighted by atomic mass is 10.4. The smallest absolute Gasteiger partial charge is 0.00963 e. The summed E-state index contributed by atoms with van der Waals surface area (Å²) < 4.78 is 0. The maximum atomic E-state index is 4.20. The second-order valence-electron chi connectivity index (χ2n) is 2.94. The van der Waals surface area contributed by atoms with E-state index in [1.54, 1.807) is 0 Å². The fourth-order valence-corrected chi connectivity index (χ4v) is 1.45. The third kappa shape index (κ3) is 2.51. The largest absolute Gasteiger partial charge is 0.301 e. The van der Waals surface area contributed by atoms with Gasteiger partial charge >= 0.3 is 0 Å². The zero-order chi connectivity index (χ0) is 7.40. The SMILES string of the molecule is CCN(CCCS)C1CC1. The predicted molar refractivity (Wildman–Crippen MR) is 48.7 cm³/mol. The van der Waals surface area contributed by atoms with Gasteiger partial charge in [-0.1, -0.05) is 6.92 Å². The summed E-state index contributed by atoms with van der Waals surface area (Å²) in [7, 11) is 0. The first-order valence-corrected chi connectivity index (χ1v) is 4.86. The molecule has 0 aromatic carbocycles. The van der Waals surface area contributed by atoms with Crippen LogP contribution in [0.3, 0.4) is 0 Å². The van der Waals surface area contributed by atoms with Crippen molar-refractivity contribution in [2.24, 2.45) is 0 Å². The molecule has 0 aromatic heterocycles. The first-order chi connectivity index (χ1) is 4.88. The molecule has 0 heterocycles. The van der Waals surface area contributed by atoms with Crippen molar-refractivity contribution in [3.05, 3.63) is 0 Å². The molecule has 0 saturated heterocycles. The van der Waals surface area contributed by atoms with Gasteiger partial charge < -0.3 is 4.90 Å². The molecule has 0 spiro atoms. The molecule has 1 aliphatic carbocycles. The molecule has 0 unspecified atom stereocenters. The van der Waals surface area contributed by atoms with Crippen LogP contribution in [0.5, 0.6) is 0 Å². The molecule has 60 valence electrons. The van der Waals surface area contributed by atoms with Crippen LogP contribution >= 0.6 is 12.6 Å². The molecular weight excluding hydrogens is 142 g/mol. The van der Waals surface area contributed by atoms with Crippen molar-refractivity contribution in [2.75, 3.05) is 18.8 Å². The molecule has 1 saturated carbocycles. The van der Waals surface area contributed by atoms with Crippen molar-refractivity contribution in [2.45, 2.75) is 32.2 Å². The van der Waals surface area contributed by atoms with Crippen LogP contribution in [-0.2, 0) is 0 Å². The molecule has 0 aliphatic heterocycles. The number of hydrogen-bond acceptors (Lipinski definition) is 2. The Morgan fingerprint density at radius 1 is 1.50 bits per heavy atom. The van der Waals surface area contributed by atoms with Crippen LogP contribution in [0, 0.1) is 0 Å². The lowest BCUT2D eigenvalue weighted by Gasteiger charge is -2.18. The maximum Gasteiger partial charge on any atom is 0.00963 e. The second kappa shape index (κ2) is 4.24. The van der Waals surface area contributed by atoms with Crippen molar-refractivity contribution in [1.29, 1.82) is 0 Å². The van der Waals surface area contributed by atoms with Crippen molar-refractivity contribution in [1.82, 2.24) is 4.90 Å². The molecule has 0 atom stereocenters. The summed E-state index contributed by atoms with van der Waals surface area (Å²) in [6.45, 7) is 4.72. The molecule has 1 nitrogen and oxygen atoms in total. The molecule has 0 aromatic rings. The Hall–Kier alpha value is 0.310. The fraction of sp³-hybridized carbons (Fsp3) is 1.00. The van der Waals surface area contributed by atoms with E-state index < -0.39 is 0 Å². The lowest BCUT2D eigenvalue weighted by Crippen LogP contribution is -2.26. The van der Waals surface area contributed by atoms with Crippen LogP contribution in [0.2, 0.25) is 0 Å². The molecule has 0 bridgehead atoms. The summed E-state index contributed by atoms with van der Waals surface area (Å²) in [4.78, 5) is 2.57. The van der Waals surface area contributed by atoms with Gasteiger partial charge in [-0.2, -0.15) is 12.6 Å². The van der Waals surface area contributed by atoms with Gasteiger partial charge in [-0.15, -0.1) is 0 Å². The standard InChI is InChI=1S/C8H17NS/c1-2-9(6-3-7-10)8-4-5-8/h8,10H,2-7H2,1H3. The first-order valence-electron chi connectivity index (χ1n) is 4.23. The van der Waals surface area contributed by atoms with E-state index in [2.05, 4.69) is 24.5 Å². The van der Waals surface area contributed by atoms with E-state index in [1.807, 2.05) is 0 Å². The second-order valence-corrected chi connectivity index (χ2v) is 3.38. The third-order valence-corrected chi connectivity index (χ3v) is 2.39. The molecule has 1 aliphatic rings. The Kier molecular flexibility index (Phi) is 3.57. The molecule has 0 amide bonds. The maximum absolute atomic E-state index is 4.20. The number of rotatable bonds is 5. The summed E-state index contributed by atoms with van der Waals surface area (Å²) in [5.74, 6) is 1.03. The first kappa shape index (κ1) is 8.41. The zero-order valence-electron chi connectivity index (χ0n) is 6.71. The van der Waals surface area contributed by atoms with Gasteiger partial charge in [0.05, 0.1) is 0 Å². The van der Waals surface area contributed by atoms with Crippen molar-refractivity contribution in [3.63, 3.8) is 0 Å². The van der Waals surface area contributed by atoms with Crippen LogP contribution in [0.1, 0.15) is 26.2 Å². The van der Waals surface area contributed by atoms with Crippen LogP contribution in [0.25, 0.3) is 0 Å². The minimum Gasteiger partial charge on any atom is -0.301 e. The average Bonchev–Trinajstić information content (AvgIpc) is 2.73. The lowest BCUT2D eigenvalue weighted by molar-refractivity contribution is 0.279. The predicted octanol–water partition coefficient (Wildman–Crippen LogP) is 1.79. The summed E-state index contributed by atoms with van der Waals surface area (Å²) in [6, 6.07) is 0.935. The average molecular weight is 159 g/mol. The van der Waals surface area contributed by atoms with E-state index in [4.69, 9.17) is 0 Å². The van der Waals surface area contributed by atoms with E-state index in [-0.39, 0.29) is 0 Å². The van der Waals surface area contributed by atoms with Gasteiger partial charge in [-0.25, -0.2) is 0 Å². The molecular formula is C8H17NS. The molecule has 1 rings (SSSR count). The van der Waals surface area contributed by atoms with Gasteiger partial charge in [-0.05, 0) is 38.1 Å². The van der Waals surface area contributed by atoms with Gasteiger partial charge in [0, 0.05) is 6.04 Å². The van der Waals surface area contributed by atoms with E-state index in [0.29, 0.717) is 0 Å². The van der Waals surface area contributed by atoms with E-state index >= 15 is 0 Å². The van der Waals surface area contributed by atoms with E-state index in [1.165, 1.54) is 32.4 Å². The molecule has 0 N–H and O–H groups in total. The fourth-order valence-electron chi connectivity index (χ4n) is 1.31. The number of thiol groups is 1. The van der Waals surface area contributed by atoms with Crippen LogP contribution in [-0.4, -0.2) is 29.8 Å². The van der Waals surface area contributed by atoms with Gasteiger partial charge in [0.2, 0.25) is 0 Å². The van der Waals surface area contributed by atoms with E-state index in [0.717, 1.165) is 11.8 Å². The summed E-state index contributed by atoms with van der Waals surface area (Å²) in [5, 5.41) is 0. The van der Waals surface area contributed by atoms with Crippen molar-refractivity contribution >= 4 is 12.6 Å². The summed E-state index contributed by atoms with van der Waals surface area (Å²) in [6.07, 6.45) is 4.11. The summed E-state index contributed by atoms with van der Waals surface area (Å²) in [5.41, 5.74) is 0. The Bertz CT molecular complexity index is 91.3. The molecule has 0 radical (unpaired) electrons. The number of nitrogens with zero attached hydrogens (tertiary/aromatic N) is 1. The monoisotopic (exact) mass is 159 g/mol. The van der Waals surface area contributed by atoms with Crippen LogP contribution in [0.4, 0.5) is 0 Å². The minimum atomic E-state index is 0.935. The van der Waals surface area contributed by atoms with Gasteiger partial charge in [0.15, 0.2) is 0 Å². The topological polar surface area (TPSA) is 3.24 Å². The van der Waals surface area contributed by atoms with Gasteiger partial charge in [0.25, 0.3) is 0 Å². The molecule has 2 heteroatoms. The van der Waals surface area contributed by atoms with Gasteiger partial charge in [-0.3, -0.25) is 0 Å². The Morgan fingerprint density at radius 2 is 2.20 bits per heavy atom. The quantitative estimate of drug-likeness (QED) is 0.599.